The first-order valence-electron chi connectivity index (χ1n) is 8.24. The van der Waals surface area contributed by atoms with Crippen molar-refractivity contribution in [2.75, 3.05) is 13.2 Å². The molecule has 0 radical (unpaired) electrons. The van der Waals surface area contributed by atoms with Gasteiger partial charge in [-0.3, -0.25) is 9.36 Å². The number of aryl methyl sites for hydroxylation is 1. The van der Waals surface area contributed by atoms with Crippen molar-refractivity contribution in [2.45, 2.75) is 25.7 Å². The first kappa shape index (κ1) is 15.1. The monoisotopic (exact) mass is 324 g/mol. The van der Waals surface area contributed by atoms with E-state index in [9.17, 15) is 4.79 Å². The zero-order valence-corrected chi connectivity index (χ0v) is 13.9. The third-order valence-electron chi connectivity index (χ3n) is 4.70. The maximum absolute atomic E-state index is 12.7. The first-order chi connectivity index (χ1) is 11.6. The van der Waals surface area contributed by atoms with Crippen LogP contribution in [0.4, 0.5) is 0 Å². The summed E-state index contributed by atoms with van der Waals surface area (Å²) in [5, 5.41) is 4.75. The van der Waals surface area contributed by atoms with Gasteiger partial charge in [0.15, 0.2) is 11.3 Å². The number of rotatable bonds is 2. The van der Waals surface area contributed by atoms with Crippen LogP contribution < -0.4 is 5.56 Å². The van der Waals surface area contributed by atoms with Crippen molar-refractivity contribution in [3.63, 3.8) is 0 Å². The molecule has 0 aliphatic carbocycles. The van der Waals surface area contributed by atoms with Crippen LogP contribution in [0.2, 0.25) is 0 Å². The van der Waals surface area contributed by atoms with Gasteiger partial charge in [-0.05, 0) is 19.8 Å². The molecule has 4 rings (SSSR count). The Balaban J connectivity index is 1.90. The van der Waals surface area contributed by atoms with Crippen LogP contribution in [0.1, 0.15) is 30.1 Å². The van der Waals surface area contributed by atoms with E-state index in [4.69, 9.17) is 9.84 Å². The molecule has 1 fully saturated rings. The second kappa shape index (κ2) is 5.87. The predicted molar refractivity (Wildman–Crippen MR) is 91.2 cm³/mol. The third kappa shape index (κ3) is 2.43. The molecule has 0 saturated carbocycles. The van der Waals surface area contributed by atoms with E-state index >= 15 is 0 Å². The lowest BCUT2D eigenvalue weighted by Crippen LogP contribution is -2.24. The summed E-state index contributed by atoms with van der Waals surface area (Å²) in [5.74, 6) is 1.80. The highest BCUT2D eigenvalue weighted by molar-refractivity contribution is 5.57. The number of imidazole rings is 1. The smallest absolute Gasteiger partial charge is 0.279 e. The lowest BCUT2D eigenvalue weighted by Gasteiger charge is -2.20. The Morgan fingerprint density at radius 2 is 1.88 bits per heavy atom. The number of fused-ring (bicyclic) bond motifs is 1. The Labute approximate surface area is 139 Å². The standard InChI is InChI=1S/C18H20N4O2/c1-12-3-5-13(6-4-12)17-20-22-15(18(23)21(17)2)11-19-16(22)14-7-9-24-10-8-14/h3-6,11,14H,7-10H2,1-2H3. The summed E-state index contributed by atoms with van der Waals surface area (Å²) in [5.41, 5.74) is 2.55. The number of hydrogen-bond donors (Lipinski definition) is 0. The molecular weight excluding hydrogens is 304 g/mol. The lowest BCUT2D eigenvalue weighted by atomic mass is 10.00. The van der Waals surface area contributed by atoms with Crippen LogP contribution in [-0.4, -0.2) is 32.4 Å². The topological polar surface area (TPSA) is 61.4 Å². The van der Waals surface area contributed by atoms with Gasteiger partial charge >= 0.3 is 0 Å². The van der Waals surface area contributed by atoms with Gasteiger partial charge < -0.3 is 4.74 Å². The van der Waals surface area contributed by atoms with E-state index in [-0.39, 0.29) is 11.5 Å². The molecule has 0 spiro atoms. The number of ether oxygens (including phenoxy) is 1. The van der Waals surface area contributed by atoms with Crippen LogP contribution in [0.25, 0.3) is 16.9 Å². The lowest BCUT2D eigenvalue weighted by molar-refractivity contribution is 0.0832. The van der Waals surface area contributed by atoms with Crippen molar-refractivity contribution in [2.24, 2.45) is 7.05 Å². The zero-order chi connectivity index (χ0) is 16.7. The normalized spacial score (nSPS) is 15.9. The van der Waals surface area contributed by atoms with Gasteiger partial charge in [-0.2, -0.15) is 0 Å². The number of hydrogen-bond acceptors (Lipinski definition) is 4. The summed E-state index contributed by atoms with van der Waals surface area (Å²) in [7, 11) is 1.76. The Morgan fingerprint density at radius 1 is 1.17 bits per heavy atom. The van der Waals surface area contributed by atoms with Crippen molar-refractivity contribution in [3.05, 3.63) is 52.2 Å². The van der Waals surface area contributed by atoms with Crippen molar-refractivity contribution in [1.82, 2.24) is 19.2 Å². The highest BCUT2D eigenvalue weighted by Crippen LogP contribution is 2.26. The fourth-order valence-electron chi connectivity index (χ4n) is 3.23. The summed E-state index contributed by atoms with van der Waals surface area (Å²) < 4.78 is 8.76. The van der Waals surface area contributed by atoms with Crippen LogP contribution in [0.5, 0.6) is 0 Å². The predicted octanol–water partition coefficient (Wildman–Crippen LogP) is 2.30. The zero-order valence-electron chi connectivity index (χ0n) is 13.9. The Bertz CT molecular complexity index is 934. The fraction of sp³-hybridized carbons (Fsp3) is 0.389. The minimum atomic E-state index is -0.0774. The Morgan fingerprint density at radius 3 is 2.58 bits per heavy atom. The van der Waals surface area contributed by atoms with Crippen LogP contribution in [-0.2, 0) is 11.8 Å². The van der Waals surface area contributed by atoms with E-state index < -0.39 is 0 Å². The number of aromatic nitrogens is 4. The molecule has 1 saturated heterocycles. The molecule has 6 heteroatoms. The molecule has 2 aromatic heterocycles. The van der Waals surface area contributed by atoms with Gasteiger partial charge in [-0.25, -0.2) is 9.50 Å². The second-order valence-electron chi connectivity index (χ2n) is 6.35. The average Bonchev–Trinajstić information content (AvgIpc) is 3.04. The summed E-state index contributed by atoms with van der Waals surface area (Å²) in [4.78, 5) is 17.2. The SMILES string of the molecule is Cc1ccc(-c2nn3c(C4CCOCC4)ncc3c(=O)n2C)cc1. The Kier molecular flexibility index (Phi) is 3.69. The average molecular weight is 324 g/mol. The van der Waals surface area contributed by atoms with E-state index in [0.717, 1.165) is 37.4 Å². The molecule has 6 nitrogen and oxygen atoms in total. The first-order valence-corrected chi connectivity index (χ1v) is 8.24. The minimum Gasteiger partial charge on any atom is -0.381 e. The largest absolute Gasteiger partial charge is 0.381 e. The molecule has 1 aromatic carbocycles. The van der Waals surface area contributed by atoms with Crippen molar-refractivity contribution in [1.29, 1.82) is 0 Å². The van der Waals surface area contributed by atoms with Crippen LogP contribution >= 0.6 is 0 Å². The molecule has 0 N–H and O–H groups in total. The molecule has 3 heterocycles. The molecule has 124 valence electrons. The maximum Gasteiger partial charge on any atom is 0.279 e. The van der Waals surface area contributed by atoms with Gasteiger partial charge in [0.2, 0.25) is 0 Å². The number of benzene rings is 1. The summed E-state index contributed by atoms with van der Waals surface area (Å²) in [6.45, 7) is 3.50. The van der Waals surface area contributed by atoms with Gasteiger partial charge in [0.1, 0.15) is 5.82 Å². The van der Waals surface area contributed by atoms with Crippen LogP contribution in [0.3, 0.4) is 0 Å². The van der Waals surface area contributed by atoms with Gasteiger partial charge in [0, 0.05) is 31.7 Å². The molecule has 0 unspecified atom stereocenters. The van der Waals surface area contributed by atoms with E-state index in [1.54, 1.807) is 22.3 Å². The number of nitrogens with zero attached hydrogens (tertiary/aromatic N) is 4. The fourth-order valence-corrected chi connectivity index (χ4v) is 3.23. The second-order valence-corrected chi connectivity index (χ2v) is 6.35. The summed E-state index contributed by atoms with van der Waals surface area (Å²) >= 11 is 0. The Hall–Kier alpha value is -2.47. The molecular formula is C18H20N4O2. The van der Waals surface area contributed by atoms with E-state index in [1.807, 2.05) is 31.2 Å². The van der Waals surface area contributed by atoms with Crippen LogP contribution in [0.15, 0.2) is 35.3 Å². The van der Waals surface area contributed by atoms with Crippen LogP contribution in [0, 0.1) is 6.92 Å². The molecule has 1 aliphatic heterocycles. The molecule has 0 atom stereocenters. The highest BCUT2D eigenvalue weighted by Gasteiger charge is 2.23. The van der Waals surface area contributed by atoms with E-state index in [0.29, 0.717) is 11.3 Å². The molecule has 0 amide bonds. The van der Waals surface area contributed by atoms with Crippen molar-refractivity contribution in [3.8, 4) is 11.4 Å². The quantitative estimate of drug-likeness (QED) is 0.726. The summed E-state index contributed by atoms with van der Waals surface area (Å²) in [6.07, 6.45) is 3.46. The van der Waals surface area contributed by atoms with Gasteiger partial charge in [-0.15, -0.1) is 5.10 Å². The van der Waals surface area contributed by atoms with Gasteiger partial charge in [0.25, 0.3) is 5.56 Å². The molecule has 24 heavy (non-hydrogen) atoms. The van der Waals surface area contributed by atoms with E-state index in [1.165, 1.54) is 5.56 Å². The minimum absolute atomic E-state index is 0.0774. The maximum atomic E-state index is 12.7. The van der Waals surface area contributed by atoms with Crippen molar-refractivity contribution >= 4 is 5.52 Å². The van der Waals surface area contributed by atoms with E-state index in [2.05, 4.69) is 4.98 Å². The molecule has 0 bridgehead atoms. The van der Waals surface area contributed by atoms with Gasteiger partial charge in [0.05, 0.1) is 6.20 Å². The third-order valence-corrected chi connectivity index (χ3v) is 4.70. The molecule has 3 aromatic rings. The summed E-state index contributed by atoms with van der Waals surface area (Å²) in [6, 6.07) is 8.04. The molecule has 1 aliphatic rings. The van der Waals surface area contributed by atoms with Gasteiger partial charge in [-0.1, -0.05) is 29.8 Å². The highest BCUT2D eigenvalue weighted by atomic mass is 16.5. The van der Waals surface area contributed by atoms with Crippen molar-refractivity contribution < 1.29 is 4.74 Å².